The van der Waals surface area contributed by atoms with E-state index in [0.29, 0.717) is 5.92 Å². The summed E-state index contributed by atoms with van der Waals surface area (Å²) < 4.78 is 1.10. The summed E-state index contributed by atoms with van der Waals surface area (Å²) in [5, 5.41) is 0. The molecule has 13 heavy (non-hydrogen) atoms. The van der Waals surface area contributed by atoms with E-state index in [0.717, 1.165) is 10.9 Å². The highest BCUT2D eigenvalue weighted by Gasteiger charge is 2.07. The smallest absolute Gasteiger partial charge is 0.0297 e. The molecule has 0 unspecified atom stereocenters. The Morgan fingerprint density at radius 2 is 1.77 bits per heavy atom. The molecule has 0 aliphatic rings. The summed E-state index contributed by atoms with van der Waals surface area (Å²) in [7, 11) is 0. The SMILES string of the molecule is CC(C)C[C@@H](N)c1ccc(Br)cc1. The first-order chi connectivity index (χ1) is 6.09. The lowest BCUT2D eigenvalue weighted by atomic mass is 9.98. The Balaban J connectivity index is 2.66. The first-order valence-electron chi connectivity index (χ1n) is 4.60. The molecule has 1 aromatic rings. The van der Waals surface area contributed by atoms with E-state index < -0.39 is 0 Å². The van der Waals surface area contributed by atoms with Gasteiger partial charge in [-0.05, 0) is 30.0 Å². The van der Waals surface area contributed by atoms with Crippen molar-refractivity contribution in [2.45, 2.75) is 26.3 Å². The quantitative estimate of drug-likeness (QED) is 0.862. The zero-order valence-electron chi connectivity index (χ0n) is 8.13. The maximum atomic E-state index is 6.03. The van der Waals surface area contributed by atoms with Crippen molar-refractivity contribution in [3.8, 4) is 0 Å². The van der Waals surface area contributed by atoms with Gasteiger partial charge in [-0.15, -0.1) is 0 Å². The van der Waals surface area contributed by atoms with Crippen LogP contribution in [-0.4, -0.2) is 0 Å². The normalized spacial score (nSPS) is 13.3. The summed E-state index contributed by atoms with van der Waals surface area (Å²) >= 11 is 3.40. The number of benzene rings is 1. The summed E-state index contributed by atoms with van der Waals surface area (Å²) in [5.41, 5.74) is 7.25. The van der Waals surface area contributed by atoms with Gasteiger partial charge in [-0.25, -0.2) is 0 Å². The van der Waals surface area contributed by atoms with Gasteiger partial charge in [0.1, 0.15) is 0 Å². The maximum absolute atomic E-state index is 6.03. The average molecular weight is 242 g/mol. The first kappa shape index (κ1) is 10.7. The second-order valence-electron chi connectivity index (χ2n) is 3.79. The molecule has 0 saturated carbocycles. The fraction of sp³-hybridized carbons (Fsp3) is 0.455. The van der Waals surface area contributed by atoms with Crippen LogP contribution in [0.25, 0.3) is 0 Å². The van der Waals surface area contributed by atoms with E-state index in [1.807, 2.05) is 12.1 Å². The molecular weight excluding hydrogens is 226 g/mol. The average Bonchev–Trinajstić information content (AvgIpc) is 2.04. The van der Waals surface area contributed by atoms with Crippen molar-refractivity contribution in [3.63, 3.8) is 0 Å². The zero-order chi connectivity index (χ0) is 9.84. The van der Waals surface area contributed by atoms with E-state index in [2.05, 4.69) is 41.9 Å². The predicted molar refractivity (Wildman–Crippen MR) is 60.5 cm³/mol. The Morgan fingerprint density at radius 1 is 1.23 bits per heavy atom. The third-order valence-electron chi connectivity index (χ3n) is 2.02. The van der Waals surface area contributed by atoms with Gasteiger partial charge >= 0.3 is 0 Å². The van der Waals surface area contributed by atoms with Crippen LogP contribution in [0.2, 0.25) is 0 Å². The maximum Gasteiger partial charge on any atom is 0.0297 e. The molecule has 0 saturated heterocycles. The molecule has 1 aromatic carbocycles. The molecule has 0 aliphatic carbocycles. The Hall–Kier alpha value is -0.340. The van der Waals surface area contributed by atoms with Gasteiger partial charge in [0.05, 0.1) is 0 Å². The Labute approximate surface area is 88.5 Å². The molecule has 0 fully saturated rings. The number of halogens is 1. The molecule has 0 radical (unpaired) electrons. The van der Waals surface area contributed by atoms with Gasteiger partial charge in [-0.3, -0.25) is 0 Å². The highest BCUT2D eigenvalue weighted by Crippen LogP contribution is 2.20. The van der Waals surface area contributed by atoms with E-state index in [9.17, 15) is 0 Å². The highest BCUT2D eigenvalue weighted by molar-refractivity contribution is 9.10. The van der Waals surface area contributed by atoms with Gasteiger partial charge in [-0.2, -0.15) is 0 Å². The minimum atomic E-state index is 0.174. The van der Waals surface area contributed by atoms with Gasteiger partial charge < -0.3 is 5.73 Å². The molecule has 0 aromatic heterocycles. The Bertz CT molecular complexity index is 253. The molecule has 0 aliphatic heterocycles. The lowest BCUT2D eigenvalue weighted by Gasteiger charge is -2.14. The minimum Gasteiger partial charge on any atom is -0.324 e. The van der Waals surface area contributed by atoms with Gasteiger partial charge in [0.2, 0.25) is 0 Å². The molecule has 0 heterocycles. The van der Waals surface area contributed by atoms with Gasteiger partial charge in [0, 0.05) is 10.5 Å². The molecule has 0 bridgehead atoms. The van der Waals surface area contributed by atoms with Crippen LogP contribution >= 0.6 is 15.9 Å². The standard InChI is InChI=1S/C11H16BrN/c1-8(2)7-11(13)9-3-5-10(12)6-4-9/h3-6,8,11H,7,13H2,1-2H3/t11-/m1/s1. The molecule has 1 rings (SSSR count). The fourth-order valence-electron chi connectivity index (χ4n) is 1.35. The molecule has 2 heteroatoms. The summed E-state index contributed by atoms with van der Waals surface area (Å²) in [4.78, 5) is 0. The summed E-state index contributed by atoms with van der Waals surface area (Å²) in [6.07, 6.45) is 1.04. The van der Waals surface area contributed by atoms with Crippen molar-refractivity contribution >= 4 is 15.9 Å². The minimum absolute atomic E-state index is 0.174. The van der Waals surface area contributed by atoms with Crippen LogP contribution in [0.5, 0.6) is 0 Å². The molecule has 1 atom stereocenters. The third kappa shape index (κ3) is 3.49. The topological polar surface area (TPSA) is 26.0 Å². The molecule has 0 spiro atoms. The zero-order valence-corrected chi connectivity index (χ0v) is 9.71. The molecule has 1 nitrogen and oxygen atoms in total. The van der Waals surface area contributed by atoms with Crippen molar-refractivity contribution in [2.24, 2.45) is 11.7 Å². The second kappa shape index (κ2) is 4.77. The molecule has 0 amide bonds. The first-order valence-corrected chi connectivity index (χ1v) is 5.40. The summed E-state index contributed by atoms with van der Waals surface area (Å²) in [6.45, 7) is 4.39. The lowest BCUT2D eigenvalue weighted by Crippen LogP contribution is -2.12. The number of rotatable bonds is 3. The van der Waals surface area contributed by atoms with E-state index >= 15 is 0 Å². The summed E-state index contributed by atoms with van der Waals surface area (Å²) in [6, 6.07) is 8.41. The van der Waals surface area contributed by atoms with Crippen LogP contribution in [0, 0.1) is 5.92 Å². The highest BCUT2D eigenvalue weighted by atomic mass is 79.9. The largest absolute Gasteiger partial charge is 0.324 e. The molecular formula is C11H16BrN. The monoisotopic (exact) mass is 241 g/mol. The van der Waals surface area contributed by atoms with Crippen LogP contribution in [0.3, 0.4) is 0 Å². The van der Waals surface area contributed by atoms with Crippen LogP contribution in [0.1, 0.15) is 31.9 Å². The molecule has 72 valence electrons. The molecule has 2 N–H and O–H groups in total. The van der Waals surface area contributed by atoms with E-state index in [1.54, 1.807) is 0 Å². The van der Waals surface area contributed by atoms with Crippen molar-refractivity contribution in [1.29, 1.82) is 0 Å². The van der Waals surface area contributed by atoms with E-state index in [1.165, 1.54) is 5.56 Å². The Kier molecular flexibility index (Phi) is 3.94. The van der Waals surface area contributed by atoms with Crippen LogP contribution in [0.4, 0.5) is 0 Å². The van der Waals surface area contributed by atoms with Gasteiger partial charge in [0.25, 0.3) is 0 Å². The number of hydrogen-bond acceptors (Lipinski definition) is 1. The fourth-order valence-corrected chi connectivity index (χ4v) is 1.62. The van der Waals surface area contributed by atoms with Crippen LogP contribution in [-0.2, 0) is 0 Å². The second-order valence-corrected chi connectivity index (χ2v) is 4.70. The van der Waals surface area contributed by atoms with Gasteiger partial charge in [0.15, 0.2) is 0 Å². The van der Waals surface area contributed by atoms with Crippen molar-refractivity contribution < 1.29 is 0 Å². The van der Waals surface area contributed by atoms with Crippen molar-refractivity contribution in [1.82, 2.24) is 0 Å². The van der Waals surface area contributed by atoms with Crippen molar-refractivity contribution in [3.05, 3.63) is 34.3 Å². The van der Waals surface area contributed by atoms with E-state index in [-0.39, 0.29) is 6.04 Å². The van der Waals surface area contributed by atoms with Crippen LogP contribution < -0.4 is 5.73 Å². The van der Waals surface area contributed by atoms with E-state index in [4.69, 9.17) is 5.73 Å². The van der Waals surface area contributed by atoms with Crippen molar-refractivity contribution in [2.75, 3.05) is 0 Å². The number of nitrogens with two attached hydrogens (primary N) is 1. The summed E-state index contributed by atoms with van der Waals surface area (Å²) in [5.74, 6) is 0.652. The lowest BCUT2D eigenvalue weighted by molar-refractivity contribution is 0.510. The third-order valence-corrected chi connectivity index (χ3v) is 2.55. The van der Waals surface area contributed by atoms with Gasteiger partial charge in [-0.1, -0.05) is 41.9 Å². The Morgan fingerprint density at radius 3 is 2.23 bits per heavy atom. The van der Waals surface area contributed by atoms with Crippen LogP contribution in [0.15, 0.2) is 28.7 Å². The predicted octanol–water partition coefficient (Wildman–Crippen LogP) is 3.50. The number of hydrogen-bond donors (Lipinski definition) is 1.